The van der Waals surface area contributed by atoms with Crippen LogP contribution in [0, 0.1) is 0 Å². The highest BCUT2D eigenvalue weighted by atomic mass is 16.5. The summed E-state index contributed by atoms with van der Waals surface area (Å²) in [6.45, 7) is 4.15. The standard InChI is InChI=1S/C11H21NO4/c1-8(6-15-3)16-7-11(2,10(13)14)12-9-4-5-9/h8-9,12H,4-7H2,1-3H3,(H,13,14). The molecule has 1 fully saturated rings. The average Bonchev–Trinajstić information content (AvgIpc) is 2.99. The number of carbonyl (C=O) groups is 1. The lowest BCUT2D eigenvalue weighted by atomic mass is 10.0. The Morgan fingerprint density at radius 3 is 2.69 bits per heavy atom. The van der Waals surface area contributed by atoms with Crippen molar-refractivity contribution in [2.45, 2.75) is 44.4 Å². The van der Waals surface area contributed by atoms with Crippen LogP contribution in [0.5, 0.6) is 0 Å². The van der Waals surface area contributed by atoms with Gasteiger partial charge in [-0.3, -0.25) is 10.1 Å². The van der Waals surface area contributed by atoms with Gasteiger partial charge in [0.05, 0.1) is 19.3 Å². The topological polar surface area (TPSA) is 67.8 Å². The van der Waals surface area contributed by atoms with E-state index in [0.717, 1.165) is 12.8 Å². The Hall–Kier alpha value is -0.650. The minimum atomic E-state index is -0.997. The lowest BCUT2D eigenvalue weighted by Crippen LogP contribution is -2.54. The number of rotatable bonds is 8. The fourth-order valence-corrected chi connectivity index (χ4v) is 1.44. The number of nitrogens with one attached hydrogen (secondary N) is 1. The SMILES string of the molecule is COCC(C)OCC(C)(NC1CC1)C(=O)O. The lowest BCUT2D eigenvalue weighted by Gasteiger charge is -2.27. The molecule has 5 heteroatoms. The quantitative estimate of drug-likeness (QED) is 0.641. The first-order chi connectivity index (χ1) is 7.48. The average molecular weight is 231 g/mol. The van der Waals surface area contributed by atoms with Crippen molar-refractivity contribution < 1.29 is 19.4 Å². The van der Waals surface area contributed by atoms with Crippen LogP contribution in [0.25, 0.3) is 0 Å². The summed E-state index contributed by atoms with van der Waals surface area (Å²) in [5.41, 5.74) is -0.997. The van der Waals surface area contributed by atoms with Gasteiger partial charge in [-0.05, 0) is 26.7 Å². The predicted molar refractivity (Wildman–Crippen MR) is 59.5 cm³/mol. The van der Waals surface area contributed by atoms with Crippen molar-refractivity contribution >= 4 is 5.97 Å². The van der Waals surface area contributed by atoms with Crippen molar-refractivity contribution in [3.8, 4) is 0 Å². The van der Waals surface area contributed by atoms with Crippen LogP contribution < -0.4 is 5.32 Å². The molecule has 0 spiro atoms. The van der Waals surface area contributed by atoms with E-state index < -0.39 is 11.5 Å². The van der Waals surface area contributed by atoms with Crippen LogP contribution in [0.3, 0.4) is 0 Å². The summed E-state index contributed by atoms with van der Waals surface area (Å²) in [5, 5.41) is 12.3. The molecule has 0 aromatic rings. The van der Waals surface area contributed by atoms with Gasteiger partial charge in [0.1, 0.15) is 5.54 Å². The molecule has 0 amide bonds. The van der Waals surface area contributed by atoms with E-state index >= 15 is 0 Å². The second kappa shape index (κ2) is 5.61. The highest BCUT2D eigenvalue weighted by Gasteiger charge is 2.39. The molecule has 1 aliphatic rings. The van der Waals surface area contributed by atoms with E-state index in [1.165, 1.54) is 0 Å². The van der Waals surface area contributed by atoms with Gasteiger partial charge >= 0.3 is 5.97 Å². The second-order valence-electron chi connectivity index (χ2n) is 4.63. The number of hydrogen-bond donors (Lipinski definition) is 2. The number of ether oxygens (including phenoxy) is 2. The minimum Gasteiger partial charge on any atom is -0.480 e. The van der Waals surface area contributed by atoms with Gasteiger partial charge < -0.3 is 14.6 Å². The second-order valence-corrected chi connectivity index (χ2v) is 4.63. The molecule has 0 aliphatic heterocycles. The van der Waals surface area contributed by atoms with Crippen LogP contribution in [0.2, 0.25) is 0 Å². The zero-order valence-corrected chi connectivity index (χ0v) is 10.2. The lowest BCUT2D eigenvalue weighted by molar-refractivity contribution is -0.148. The van der Waals surface area contributed by atoms with Gasteiger partial charge in [0.15, 0.2) is 0 Å². The van der Waals surface area contributed by atoms with Crippen molar-refractivity contribution in [2.75, 3.05) is 20.3 Å². The Labute approximate surface area is 96.1 Å². The Bertz CT molecular complexity index is 242. The summed E-state index contributed by atoms with van der Waals surface area (Å²) in [4.78, 5) is 11.2. The number of carboxylic acids is 1. The zero-order chi connectivity index (χ0) is 12.2. The van der Waals surface area contributed by atoms with Gasteiger partial charge in [-0.25, -0.2) is 0 Å². The van der Waals surface area contributed by atoms with Crippen molar-refractivity contribution in [3.05, 3.63) is 0 Å². The van der Waals surface area contributed by atoms with Crippen LogP contribution in [0.15, 0.2) is 0 Å². The zero-order valence-electron chi connectivity index (χ0n) is 10.2. The molecule has 0 radical (unpaired) electrons. The molecule has 2 N–H and O–H groups in total. The maximum Gasteiger partial charge on any atom is 0.326 e. The molecule has 16 heavy (non-hydrogen) atoms. The van der Waals surface area contributed by atoms with Crippen LogP contribution in [-0.4, -0.2) is 49.1 Å². The molecular formula is C11H21NO4. The number of aliphatic carboxylic acids is 1. The third-order valence-electron chi connectivity index (χ3n) is 2.63. The molecule has 1 rings (SSSR count). The third-order valence-corrected chi connectivity index (χ3v) is 2.63. The van der Waals surface area contributed by atoms with E-state index in [2.05, 4.69) is 5.32 Å². The summed E-state index contributed by atoms with van der Waals surface area (Å²) in [5.74, 6) is -0.871. The number of methoxy groups -OCH3 is 1. The monoisotopic (exact) mass is 231 g/mol. The van der Waals surface area contributed by atoms with Gasteiger partial charge in [0.2, 0.25) is 0 Å². The van der Waals surface area contributed by atoms with Gasteiger partial charge in [-0.2, -0.15) is 0 Å². The smallest absolute Gasteiger partial charge is 0.326 e. The first-order valence-corrected chi connectivity index (χ1v) is 5.59. The molecule has 2 atom stereocenters. The summed E-state index contributed by atoms with van der Waals surface area (Å²) >= 11 is 0. The van der Waals surface area contributed by atoms with Crippen LogP contribution in [0.4, 0.5) is 0 Å². The molecule has 2 unspecified atom stereocenters. The molecule has 0 bridgehead atoms. The first kappa shape index (κ1) is 13.4. The largest absolute Gasteiger partial charge is 0.480 e. The maximum atomic E-state index is 11.2. The molecule has 0 saturated heterocycles. The first-order valence-electron chi connectivity index (χ1n) is 5.59. The normalized spacial score (nSPS) is 21.4. The van der Waals surface area contributed by atoms with Crippen molar-refractivity contribution in [2.24, 2.45) is 0 Å². The maximum absolute atomic E-state index is 11.2. The third kappa shape index (κ3) is 4.08. The van der Waals surface area contributed by atoms with Gasteiger partial charge in [0, 0.05) is 13.2 Å². The molecule has 94 valence electrons. The number of carboxylic acid groups (broad SMARTS) is 1. The summed E-state index contributed by atoms with van der Waals surface area (Å²) in [7, 11) is 1.60. The fourth-order valence-electron chi connectivity index (χ4n) is 1.44. The van der Waals surface area contributed by atoms with E-state index in [-0.39, 0.29) is 12.7 Å². The van der Waals surface area contributed by atoms with Gasteiger partial charge in [-0.15, -0.1) is 0 Å². The molecule has 0 heterocycles. The Kier molecular flexibility index (Phi) is 4.70. The van der Waals surface area contributed by atoms with E-state index in [9.17, 15) is 9.90 Å². The van der Waals surface area contributed by atoms with Crippen molar-refractivity contribution in [1.82, 2.24) is 5.32 Å². The predicted octanol–water partition coefficient (Wildman–Crippen LogP) is 0.633. The van der Waals surface area contributed by atoms with E-state index in [1.807, 2.05) is 6.92 Å². The van der Waals surface area contributed by atoms with E-state index in [4.69, 9.17) is 9.47 Å². The molecular weight excluding hydrogens is 210 g/mol. The van der Waals surface area contributed by atoms with E-state index in [0.29, 0.717) is 12.6 Å². The Morgan fingerprint density at radius 1 is 1.62 bits per heavy atom. The fraction of sp³-hybridized carbons (Fsp3) is 0.909. The van der Waals surface area contributed by atoms with Crippen molar-refractivity contribution in [3.63, 3.8) is 0 Å². The molecule has 0 aromatic carbocycles. The van der Waals surface area contributed by atoms with Crippen LogP contribution in [-0.2, 0) is 14.3 Å². The Balaban J connectivity index is 2.40. The molecule has 1 saturated carbocycles. The molecule has 5 nitrogen and oxygen atoms in total. The summed E-state index contributed by atoms with van der Waals surface area (Å²) < 4.78 is 10.4. The van der Waals surface area contributed by atoms with Crippen LogP contribution >= 0.6 is 0 Å². The van der Waals surface area contributed by atoms with Crippen molar-refractivity contribution in [1.29, 1.82) is 0 Å². The number of hydrogen-bond acceptors (Lipinski definition) is 4. The highest BCUT2D eigenvalue weighted by Crippen LogP contribution is 2.23. The van der Waals surface area contributed by atoms with Gasteiger partial charge in [-0.1, -0.05) is 0 Å². The Morgan fingerprint density at radius 2 is 2.25 bits per heavy atom. The van der Waals surface area contributed by atoms with Crippen LogP contribution in [0.1, 0.15) is 26.7 Å². The molecule has 1 aliphatic carbocycles. The summed E-state index contributed by atoms with van der Waals surface area (Å²) in [6, 6.07) is 0.336. The van der Waals surface area contributed by atoms with Gasteiger partial charge in [0.25, 0.3) is 0 Å². The summed E-state index contributed by atoms with van der Waals surface area (Å²) in [6.07, 6.45) is 2.01. The van der Waals surface area contributed by atoms with E-state index in [1.54, 1.807) is 14.0 Å². The molecule has 0 aromatic heterocycles. The highest BCUT2D eigenvalue weighted by molar-refractivity contribution is 5.78. The minimum absolute atomic E-state index is 0.0929.